The molecule has 0 spiro atoms. The van der Waals surface area contributed by atoms with Crippen molar-refractivity contribution < 1.29 is 23.5 Å². The van der Waals surface area contributed by atoms with E-state index < -0.39 is 54.0 Å². The zero-order valence-corrected chi connectivity index (χ0v) is 18.7. The quantitative estimate of drug-likeness (QED) is 0.620. The molecule has 1 aromatic carbocycles. The summed E-state index contributed by atoms with van der Waals surface area (Å²) in [5.74, 6) is -2.37. The summed E-state index contributed by atoms with van der Waals surface area (Å²) in [7, 11) is 0. The van der Waals surface area contributed by atoms with E-state index in [1.807, 2.05) is 0 Å². The Kier molecular flexibility index (Phi) is 7.95. The number of nitrogens with zero attached hydrogens (tertiary/aromatic N) is 1. The van der Waals surface area contributed by atoms with Crippen LogP contribution < -0.4 is 10.9 Å². The molecular formula is C22H26ClFN2O5. The van der Waals surface area contributed by atoms with Crippen LogP contribution in [0.1, 0.15) is 46.6 Å². The number of amides is 1. The molecule has 2 aromatic rings. The number of rotatable bonds is 8. The lowest BCUT2D eigenvalue weighted by molar-refractivity contribution is -0.156. The maximum atomic E-state index is 13.0. The Balaban J connectivity index is 2.29. The maximum absolute atomic E-state index is 13.0. The van der Waals surface area contributed by atoms with Crippen molar-refractivity contribution in [2.24, 2.45) is 0 Å². The fraction of sp³-hybridized carbons (Fsp3) is 0.455. The molecule has 0 saturated carbocycles. The number of esters is 1. The lowest BCUT2D eigenvalue weighted by Gasteiger charge is -2.24. The van der Waals surface area contributed by atoms with Gasteiger partial charge in [0.05, 0.1) is 6.42 Å². The second kappa shape index (κ2) is 10.0. The molecule has 0 fully saturated rings. The predicted molar refractivity (Wildman–Crippen MR) is 116 cm³/mol. The van der Waals surface area contributed by atoms with Crippen molar-refractivity contribution in [2.75, 3.05) is 6.67 Å². The van der Waals surface area contributed by atoms with Crippen LogP contribution in [-0.2, 0) is 19.1 Å². The zero-order chi connectivity index (χ0) is 23.3. The minimum atomic E-state index is -1.39. The number of aromatic nitrogens is 1. The number of Topliss-reactive ketones (excluding diaryl/α,β-unsaturated/α-hetero) is 1. The second-order valence-corrected chi connectivity index (χ2v) is 8.57. The molecule has 2 rings (SSSR count). The number of ether oxygens (including phenoxy) is 1. The van der Waals surface area contributed by atoms with Crippen LogP contribution in [0.4, 0.5) is 4.39 Å². The van der Waals surface area contributed by atoms with Gasteiger partial charge in [-0.05, 0) is 56.8 Å². The molecular weight excluding hydrogens is 427 g/mol. The van der Waals surface area contributed by atoms with Gasteiger partial charge in [0.2, 0.25) is 5.91 Å². The first-order valence-corrected chi connectivity index (χ1v) is 10.3. The van der Waals surface area contributed by atoms with E-state index in [0.717, 1.165) is 0 Å². The van der Waals surface area contributed by atoms with Gasteiger partial charge in [0.1, 0.15) is 24.4 Å². The summed E-state index contributed by atoms with van der Waals surface area (Å²) < 4.78 is 19.4. The van der Waals surface area contributed by atoms with Crippen LogP contribution >= 0.6 is 11.6 Å². The number of nitrogens with one attached hydrogen (secondary N) is 1. The number of hydrogen-bond acceptors (Lipinski definition) is 5. The molecule has 0 aliphatic heterocycles. The number of ketones is 1. The minimum Gasteiger partial charge on any atom is -0.460 e. The fourth-order valence-corrected chi connectivity index (χ4v) is 3.32. The highest BCUT2D eigenvalue weighted by Gasteiger charge is 2.29. The van der Waals surface area contributed by atoms with Crippen LogP contribution in [-0.4, -0.2) is 40.5 Å². The number of pyridine rings is 1. The number of halogens is 2. The first-order valence-electron chi connectivity index (χ1n) is 9.88. The minimum absolute atomic E-state index is 0.230. The lowest BCUT2D eigenvalue weighted by Crippen LogP contribution is -2.47. The van der Waals surface area contributed by atoms with Crippen molar-refractivity contribution in [3.63, 3.8) is 0 Å². The Morgan fingerprint density at radius 1 is 1.23 bits per heavy atom. The smallest absolute Gasteiger partial charge is 0.308 e. The van der Waals surface area contributed by atoms with E-state index in [9.17, 15) is 23.6 Å². The third-order valence-electron chi connectivity index (χ3n) is 4.55. The van der Waals surface area contributed by atoms with E-state index in [4.69, 9.17) is 16.3 Å². The number of alkyl halides is 1. The first kappa shape index (κ1) is 24.5. The van der Waals surface area contributed by atoms with Gasteiger partial charge in [-0.1, -0.05) is 18.5 Å². The average Bonchev–Trinajstić information content (AvgIpc) is 2.67. The Labute approximate surface area is 184 Å². The van der Waals surface area contributed by atoms with Crippen molar-refractivity contribution in [3.05, 3.63) is 45.8 Å². The molecule has 168 valence electrons. The van der Waals surface area contributed by atoms with Crippen LogP contribution in [0.25, 0.3) is 10.8 Å². The molecule has 0 saturated heterocycles. The fourth-order valence-electron chi connectivity index (χ4n) is 3.14. The van der Waals surface area contributed by atoms with Crippen LogP contribution in [0.2, 0.25) is 5.02 Å². The molecule has 31 heavy (non-hydrogen) atoms. The molecule has 0 aliphatic carbocycles. The number of hydrogen-bond donors (Lipinski definition) is 1. The number of fused-ring (bicyclic) bond motifs is 1. The van der Waals surface area contributed by atoms with Crippen LogP contribution in [0.15, 0.2) is 35.3 Å². The Morgan fingerprint density at radius 2 is 1.90 bits per heavy atom. The van der Waals surface area contributed by atoms with E-state index >= 15 is 0 Å². The standard InChI is InChI=1S/C22H26ClFN2O5/c1-5-17(26-9-8-13-10-14(23)6-7-15(13)21(26)30)20(29)25-16(18(27)12-24)11-19(28)31-22(2,3)4/h6-10,16-17H,5,11-12H2,1-4H3,(H,25,29)/t16-,17?/m0/s1. The first-order chi connectivity index (χ1) is 14.5. The topological polar surface area (TPSA) is 94.5 Å². The summed E-state index contributed by atoms with van der Waals surface area (Å²) in [5.41, 5.74) is -1.20. The monoisotopic (exact) mass is 452 g/mol. The Hall–Kier alpha value is -2.74. The van der Waals surface area contributed by atoms with Crippen LogP contribution in [0, 0.1) is 0 Å². The normalized spacial score (nSPS) is 13.5. The molecule has 0 aliphatic rings. The summed E-state index contributed by atoms with van der Waals surface area (Å²) in [5, 5.41) is 3.89. The summed E-state index contributed by atoms with van der Waals surface area (Å²) in [6, 6.07) is 4.09. The molecule has 2 atom stereocenters. The number of carbonyl (C=O) groups excluding carboxylic acids is 3. The largest absolute Gasteiger partial charge is 0.460 e. The van der Waals surface area contributed by atoms with Gasteiger partial charge in [0, 0.05) is 16.6 Å². The molecule has 9 heteroatoms. The Bertz CT molecular complexity index is 1040. The predicted octanol–water partition coefficient (Wildman–Crippen LogP) is 3.36. The van der Waals surface area contributed by atoms with Gasteiger partial charge in [0.25, 0.3) is 5.56 Å². The zero-order valence-electron chi connectivity index (χ0n) is 17.9. The lowest BCUT2D eigenvalue weighted by atomic mass is 10.1. The van der Waals surface area contributed by atoms with E-state index in [2.05, 4.69) is 5.32 Å². The van der Waals surface area contributed by atoms with E-state index in [1.165, 1.54) is 10.8 Å². The molecule has 0 radical (unpaired) electrons. The highest BCUT2D eigenvalue weighted by Crippen LogP contribution is 2.19. The SMILES string of the molecule is CCC(C(=O)N[C@@H](CC(=O)OC(C)(C)C)C(=O)CF)n1ccc2cc(Cl)ccc2c1=O. The summed E-state index contributed by atoms with van der Waals surface area (Å²) in [4.78, 5) is 49.9. The van der Waals surface area contributed by atoms with Crippen LogP contribution in [0.5, 0.6) is 0 Å². The third kappa shape index (κ3) is 6.37. The van der Waals surface area contributed by atoms with Crippen LogP contribution in [0.3, 0.4) is 0 Å². The van der Waals surface area contributed by atoms with Crippen molar-refractivity contribution in [3.8, 4) is 0 Å². The highest BCUT2D eigenvalue weighted by molar-refractivity contribution is 6.31. The van der Waals surface area contributed by atoms with Gasteiger partial charge in [-0.2, -0.15) is 0 Å². The molecule has 1 aromatic heterocycles. The van der Waals surface area contributed by atoms with E-state index in [-0.39, 0.29) is 6.42 Å². The summed E-state index contributed by atoms with van der Waals surface area (Å²) >= 11 is 5.96. The van der Waals surface area contributed by atoms with Crippen molar-refractivity contribution in [1.82, 2.24) is 9.88 Å². The Morgan fingerprint density at radius 3 is 2.48 bits per heavy atom. The van der Waals surface area contributed by atoms with Gasteiger partial charge in [-0.15, -0.1) is 0 Å². The summed E-state index contributed by atoms with van der Waals surface area (Å²) in [6.07, 6.45) is 1.19. The van der Waals surface area contributed by atoms with Gasteiger partial charge in [-0.3, -0.25) is 19.2 Å². The average molecular weight is 453 g/mol. The van der Waals surface area contributed by atoms with Crippen molar-refractivity contribution in [2.45, 2.75) is 58.2 Å². The third-order valence-corrected chi connectivity index (χ3v) is 4.78. The molecule has 0 bridgehead atoms. The highest BCUT2D eigenvalue weighted by atomic mass is 35.5. The van der Waals surface area contributed by atoms with Gasteiger partial charge in [-0.25, -0.2) is 4.39 Å². The summed E-state index contributed by atoms with van der Waals surface area (Å²) in [6.45, 7) is 5.31. The van der Waals surface area contributed by atoms with Crippen molar-refractivity contribution >= 4 is 40.0 Å². The van der Waals surface area contributed by atoms with Gasteiger partial charge < -0.3 is 14.6 Å². The molecule has 1 amide bonds. The second-order valence-electron chi connectivity index (χ2n) is 8.14. The maximum Gasteiger partial charge on any atom is 0.308 e. The molecule has 1 unspecified atom stereocenters. The van der Waals surface area contributed by atoms with Gasteiger partial charge in [0.15, 0.2) is 5.78 Å². The number of benzene rings is 1. The van der Waals surface area contributed by atoms with E-state index in [1.54, 1.807) is 52.0 Å². The number of carbonyl (C=O) groups is 3. The van der Waals surface area contributed by atoms with E-state index in [0.29, 0.717) is 15.8 Å². The van der Waals surface area contributed by atoms with Crippen molar-refractivity contribution in [1.29, 1.82) is 0 Å². The molecule has 7 nitrogen and oxygen atoms in total. The molecule has 1 N–H and O–H groups in total. The van der Waals surface area contributed by atoms with Gasteiger partial charge >= 0.3 is 5.97 Å². The molecule has 1 heterocycles.